The molecule has 31 heavy (non-hydrogen) atoms. The van der Waals surface area contributed by atoms with E-state index in [-0.39, 0.29) is 17.6 Å². The third-order valence-corrected chi connectivity index (χ3v) is 11.2. The summed E-state index contributed by atoms with van der Waals surface area (Å²) in [5, 5.41) is 9.29. The highest BCUT2D eigenvalue weighted by Gasteiger charge is 2.70. The van der Waals surface area contributed by atoms with Gasteiger partial charge in [-0.3, -0.25) is 4.79 Å². The van der Waals surface area contributed by atoms with Gasteiger partial charge in [-0.1, -0.05) is 33.6 Å². The highest BCUT2D eigenvalue weighted by atomic mass is 16.5. The summed E-state index contributed by atoms with van der Waals surface area (Å²) in [5.74, 6) is 5.00. The van der Waals surface area contributed by atoms with Gasteiger partial charge in [0.25, 0.3) is 0 Å². The molecule has 4 saturated carbocycles. The number of fused-ring (bicyclic) bond motifs is 7. The van der Waals surface area contributed by atoms with E-state index in [9.17, 15) is 9.90 Å². The van der Waals surface area contributed by atoms with E-state index in [2.05, 4.69) is 33.8 Å². The Hall–Kier alpha value is -0.830. The molecule has 3 nitrogen and oxygen atoms in total. The molecule has 174 valence electrons. The van der Waals surface area contributed by atoms with Crippen molar-refractivity contribution < 1.29 is 14.6 Å². The molecule has 9 atom stereocenters. The molecule has 1 saturated heterocycles. The average molecular weight is 429 g/mol. The fraction of sp³-hybridized carbons (Fsp3) is 0.893. The SMILES string of the molecule is CC(CO)CC/C=C1/CC2C(C)(CC3[C@@H]4CCC5CCCC[C@]5(C)C4CC(=O)[C@@]32C)O1. The third-order valence-electron chi connectivity index (χ3n) is 11.2. The summed E-state index contributed by atoms with van der Waals surface area (Å²) >= 11 is 0. The average Bonchev–Trinajstić information content (AvgIpc) is 3.18. The second-order valence-corrected chi connectivity index (χ2v) is 12.7. The largest absolute Gasteiger partial charge is 0.492 e. The van der Waals surface area contributed by atoms with Crippen LogP contribution in [-0.4, -0.2) is 23.1 Å². The predicted octanol–water partition coefficient (Wildman–Crippen LogP) is 6.30. The van der Waals surface area contributed by atoms with Crippen molar-refractivity contribution in [1.82, 2.24) is 0 Å². The van der Waals surface area contributed by atoms with Crippen molar-refractivity contribution in [3.8, 4) is 0 Å². The summed E-state index contributed by atoms with van der Waals surface area (Å²) < 4.78 is 6.65. The highest BCUT2D eigenvalue weighted by Crippen LogP contribution is 2.70. The molecule has 0 amide bonds. The summed E-state index contributed by atoms with van der Waals surface area (Å²) in [6, 6.07) is 0. The topological polar surface area (TPSA) is 46.5 Å². The molecule has 0 aromatic rings. The number of carbonyl (C=O) groups excluding carboxylic acids is 1. The van der Waals surface area contributed by atoms with Gasteiger partial charge >= 0.3 is 0 Å². The van der Waals surface area contributed by atoms with Crippen molar-refractivity contribution in [3.05, 3.63) is 11.8 Å². The first kappa shape index (κ1) is 22.0. The molecule has 5 aliphatic rings. The molecule has 5 rings (SSSR count). The fourth-order valence-corrected chi connectivity index (χ4v) is 9.27. The van der Waals surface area contributed by atoms with Crippen molar-refractivity contribution in [3.63, 3.8) is 0 Å². The van der Waals surface area contributed by atoms with Crippen molar-refractivity contribution in [2.45, 2.75) is 104 Å². The van der Waals surface area contributed by atoms with E-state index in [1.54, 1.807) is 0 Å². The van der Waals surface area contributed by atoms with Crippen LogP contribution in [0.3, 0.4) is 0 Å². The predicted molar refractivity (Wildman–Crippen MR) is 123 cm³/mol. The summed E-state index contributed by atoms with van der Waals surface area (Å²) in [6.45, 7) is 9.51. The number of rotatable bonds is 4. The second kappa shape index (κ2) is 7.61. The van der Waals surface area contributed by atoms with Crippen LogP contribution in [0.25, 0.3) is 0 Å². The Kier molecular flexibility index (Phi) is 5.39. The lowest BCUT2D eigenvalue weighted by Crippen LogP contribution is -2.56. The maximum absolute atomic E-state index is 13.9. The number of carbonyl (C=O) groups is 1. The van der Waals surface area contributed by atoms with E-state index in [4.69, 9.17) is 4.74 Å². The molecule has 6 unspecified atom stereocenters. The molecule has 0 radical (unpaired) electrons. The Morgan fingerprint density at radius 3 is 2.71 bits per heavy atom. The summed E-state index contributed by atoms with van der Waals surface area (Å²) in [7, 11) is 0. The van der Waals surface area contributed by atoms with Gasteiger partial charge in [0.15, 0.2) is 0 Å². The third kappa shape index (κ3) is 3.19. The first-order valence-electron chi connectivity index (χ1n) is 13.2. The van der Waals surface area contributed by atoms with Gasteiger partial charge in [-0.15, -0.1) is 0 Å². The Labute approximate surface area is 189 Å². The summed E-state index contributed by atoms with van der Waals surface area (Å²) in [6.07, 6.45) is 15.2. The van der Waals surface area contributed by atoms with Crippen LogP contribution in [0.15, 0.2) is 11.8 Å². The highest BCUT2D eigenvalue weighted by molar-refractivity contribution is 5.87. The van der Waals surface area contributed by atoms with E-state index >= 15 is 0 Å². The monoisotopic (exact) mass is 428 g/mol. The van der Waals surface area contributed by atoms with E-state index < -0.39 is 0 Å². The second-order valence-electron chi connectivity index (χ2n) is 12.7. The van der Waals surface area contributed by atoms with Gasteiger partial charge in [-0.05, 0) is 93.0 Å². The molecule has 1 N–H and O–H groups in total. The molecule has 1 aliphatic heterocycles. The summed E-state index contributed by atoms with van der Waals surface area (Å²) in [4.78, 5) is 13.9. The number of allylic oxidation sites excluding steroid dienone is 2. The minimum absolute atomic E-state index is 0.178. The lowest BCUT2D eigenvalue weighted by Gasteiger charge is -2.59. The minimum atomic E-state index is -0.207. The molecule has 4 aliphatic carbocycles. The number of ether oxygens (including phenoxy) is 1. The van der Waals surface area contributed by atoms with Crippen LogP contribution in [0.2, 0.25) is 0 Å². The molecule has 5 fully saturated rings. The lowest BCUT2D eigenvalue weighted by molar-refractivity contribution is -0.155. The van der Waals surface area contributed by atoms with Gasteiger partial charge in [-0.2, -0.15) is 0 Å². The molecule has 0 spiro atoms. The molecule has 0 bridgehead atoms. The van der Waals surface area contributed by atoms with Crippen molar-refractivity contribution >= 4 is 5.78 Å². The Morgan fingerprint density at radius 2 is 1.94 bits per heavy atom. The number of aliphatic hydroxyl groups is 1. The number of aliphatic hydroxyl groups excluding tert-OH is 1. The van der Waals surface area contributed by atoms with Crippen LogP contribution < -0.4 is 0 Å². The molecule has 0 aromatic carbocycles. The zero-order valence-corrected chi connectivity index (χ0v) is 20.3. The van der Waals surface area contributed by atoms with E-state index in [1.807, 2.05) is 0 Å². The zero-order chi connectivity index (χ0) is 22.0. The van der Waals surface area contributed by atoms with Crippen LogP contribution in [0.1, 0.15) is 98.3 Å². The van der Waals surface area contributed by atoms with E-state index in [0.29, 0.717) is 40.8 Å². The Bertz CT molecular complexity index is 757. The van der Waals surface area contributed by atoms with E-state index in [1.165, 1.54) is 38.5 Å². The molecule has 3 heteroatoms. The Balaban J connectivity index is 1.38. The fourth-order valence-electron chi connectivity index (χ4n) is 9.27. The first-order chi connectivity index (χ1) is 14.7. The number of hydrogen-bond acceptors (Lipinski definition) is 3. The lowest BCUT2D eigenvalue weighted by atomic mass is 9.44. The smallest absolute Gasteiger partial charge is 0.139 e. The van der Waals surface area contributed by atoms with Crippen LogP contribution in [0.4, 0.5) is 0 Å². The number of Topliss-reactive ketones (excluding diaryl/α,β-unsaturated/α-hetero) is 1. The maximum Gasteiger partial charge on any atom is 0.139 e. The van der Waals surface area contributed by atoms with E-state index in [0.717, 1.165) is 43.8 Å². The standard InChI is InChI=1S/C28H44O3/c1-18(17-29)8-7-10-20-14-24-27(3,31-20)16-23-21-12-11-19-9-5-6-13-26(19,2)22(21)15-25(30)28(23,24)4/h10,18-19,21-24,29H,5-9,11-17H2,1-4H3/b20-10-/t18?,19?,21-,22?,23?,24?,26+,27?,28+/m1/s1. The van der Waals surface area contributed by atoms with Gasteiger partial charge in [0.1, 0.15) is 11.4 Å². The van der Waals surface area contributed by atoms with Gasteiger partial charge in [-0.25, -0.2) is 0 Å². The van der Waals surface area contributed by atoms with Gasteiger partial charge in [0, 0.05) is 30.8 Å². The van der Waals surface area contributed by atoms with Gasteiger partial charge < -0.3 is 9.84 Å². The minimum Gasteiger partial charge on any atom is -0.492 e. The first-order valence-corrected chi connectivity index (χ1v) is 13.2. The van der Waals surface area contributed by atoms with Crippen LogP contribution in [0.5, 0.6) is 0 Å². The maximum atomic E-state index is 13.9. The summed E-state index contributed by atoms with van der Waals surface area (Å²) in [5.41, 5.74) is 0.0105. The molecular formula is C28H44O3. The van der Waals surface area contributed by atoms with Gasteiger partial charge in [0.05, 0.1) is 5.76 Å². The molecule has 1 heterocycles. The van der Waals surface area contributed by atoms with Crippen LogP contribution >= 0.6 is 0 Å². The van der Waals surface area contributed by atoms with Crippen molar-refractivity contribution in [2.75, 3.05) is 6.61 Å². The quantitative estimate of drug-likeness (QED) is 0.572. The molecular weight excluding hydrogens is 384 g/mol. The van der Waals surface area contributed by atoms with Crippen LogP contribution in [-0.2, 0) is 9.53 Å². The Morgan fingerprint density at radius 1 is 1.13 bits per heavy atom. The van der Waals surface area contributed by atoms with Crippen molar-refractivity contribution in [1.29, 1.82) is 0 Å². The number of hydrogen-bond donors (Lipinski definition) is 1. The van der Waals surface area contributed by atoms with Crippen molar-refractivity contribution in [2.24, 2.45) is 46.3 Å². The normalized spacial score (nSPS) is 50.9. The van der Waals surface area contributed by atoms with Gasteiger partial charge in [0.2, 0.25) is 0 Å². The number of ketones is 1. The molecule has 0 aromatic heterocycles. The van der Waals surface area contributed by atoms with Crippen LogP contribution in [0, 0.1) is 46.3 Å². The zero-order valence-electron chi connectivity index (χ0n) is 20.3.